The van der Waals surface area contributed by atoms with Crippen molar-refractivity contribution in [2.24, 2.45) is 0 Å². The number of carbonyl (C=O) groups is 2. The van der Waals surface area contributed by atoms with Crippen molar-refractivity contribution in [2.45, 2.75) is 66.3 Å². The van der Waals surface area contributed by atoms with E-state index in [1.165, 1.54) is 4.90 Å². The highest BCUT2D eigenvalue weighted by molar-refractivity contribution is 5.95. The monoisotopic (exact) mass is 408 g/mol. The number of nitrogens with zero attached hydrogens (tertiary/aromatic N) is 2. The first-order valence-corrected chi connectivity index (χ1v) is 10.4. The molecule has 0 radical (unpaired) electrons. The molecule has 1 saturated heterocycles. The van der Waals surface area contributed by atoms with Gasteiger partial charge in [-0.2, -0.15) is 0 Å². The van der Waals surface area contributed by atoms with Crippen molar-refractivity contribution in [3.8, 4) is 0 Å². The smallest absolute Gasteiger partial charge is 0.418 e. The number of amides is 2. The van der Waals surface area contributed by atoms with Gasteiger partial charge in [0.15, 0.2) is 0 Å². The van der Waals surface area contributed by atoms with Crippen molar-refractivity contribution < 1.29 is 14.3 Å². The Bertz CT molecular complexity index is 924. The van der Waals surface area contributed by atoms with Crippen LogP contribution in [0.2, 0.25) is 0 Å². The van der Waals surface area contributed by atoms with E-state index in [0.717, 1.165) is 27.8 Å². The van der Waals surface area contributed by atoms with Crippen LogP contribution in [0.25, 0.3) is 0 Å². The van der Waals surface area contributed by atoms with Crippen molar-refractivity contribution in [1.29, 1.82) is 0 Å². The SMILES string of the molecule is Cc1cc(C)c([C@@H]2N(C(=O)OC(C)(C)C)C(=O)CN2[C@H](C)c2ccccc2)c(C)c1. The van der Waals surface area contributed by atoms with Gasteiger partial charge in [-0.1, -0.05) is 48.0 Å². The molecule has 0 N–H and O–H groups in total. The summed E-state index contributed by atoms with van der Waals surface area (Å²) in [6.45, 7) is 13.8. The van der Waals surface area contributed by atoms with E-state index >= 15 is 0 Å². The summed E-state index contributed by atoms with van der Waals surface area (Å²) in [5, 5.41) is 0. The molecule has 5 heteroatoms. The van der Waals surface area contributed by atoms with E-state index in [1.807, 2.05) is 52.8 Å². The molecule has 0 unspecified atom stereocenters. The second-order valence-electron chi connectivity index (χ2n) is 9.19. The Morgan fingerprint density at radius 2 is 1.63 bits per heavy atom. The minimum atomic E-state index is -0.683. The third-order valence-corrected chi connectivity index (χ3v) is 5.51. The van der Waals surface area contributed by atoms with E-state index in [1.54, 1.807) is 0 Å². The molecule has 1 aliphatic heterocycles. The predicted molar refractivity (Wildman–Crippen MR) is 118 cm³/mol. The van der Waals surface area contributed by atoms with E-state index < -0.39 is 17.9 Å². The van der Waals surface area contributed by atoms with Crippen LogP contribution >= 0.6 is 0 Å². The first kappa shape index (κ1) is 22.0. The zero-order valence-electron chi connectivity index (χ0n) is 19.0. The summed E-state index contributed by atoms with van der Waals surface area (Å²) in [6, 6.07) is 14.2. The maximum Gasteiger partial charge on any atom is 0.418 e. The first-order valence-electron chi connectivity index (χ1n) is 10.4. The van der Waals surface area contributed by atoms with Crippen LogP contribution in [0.5, 0.6) is 0 Å². The van der Waals surface area contributed by atoms with Crippen molar-refractivity contribution in [3.63, 3.8) is 0 Å². The molecule has 0 aromatic heterocycles. The quantitative estimate of drug-likeness (QED) is 0.677. The summed E-state index contributed by atoms with van der Waals surface area (Å²) in [4.78, 5) is 29.6. The lowest BCUT2D eigenvalue weighted by atomic mass is 9.95. The molecule has 2 amide bonds. The van der Waals surface area contributed by atoms with Gasteiger partial charge in [-0.25, -0.2) is 9.69 Å². The fraction of sp³-hybridized carbons (Fsp3) is 0.440. The van der Waals surface area contributed by atoms with Crippen LogP contribution in [-0.4, -0.2) is 33.9 Å². The molecule has 0 spiro atoms. The number of aryl methyl sites for hydroxylation is 3. The highest BCUT2D eigenvalue weighted by Crippen LogP contribution is 2.41. The van der Waals surface area contributed by atoms with Crippen molar-refractivity contribution in [3.05, 3.63) is 70.3 Å². The summed E-state index contributed by atoms with van der Waals surface area (Å²) < 4.78 is 5.62. The highest BCUT2D eigenvalue weighted by atomic mass is 16.6. The molecular weight excluding hydrogens is 376 g/mol. The van der Waals surface area contributed by atoms with Gasteiger partial charge in [0.25, 0.3) is 0 Å². The van der Waals surface area contributed by atoms with Crippen molar-refractivity contribution in [1.82, 2.24) is 9.80 Å². The summed E-state index contributed by atoms with van der Waals surface area (Å²) in [7, 11) is 0. The highest BCUT2D eigenvalue weighted by Gasteiger charge is 2.47. The number of hydrogen-bond donors (Lipinski definition) is 0. The van der Waals surface area contributed by atoms with Crippen LogP contribution in [0.1, 0.15) is 67.7 Å². The van der Waals surface area contributed by atoms with Gasteiger partial charge in [-0.05, 0) is 70.7 Å². The largest absolute Gasteiger partial charge is 0.443 e. The standard InChI is InChI=1S/C25H32N2O3/c1-16-13-17(2)22(18(3)14-16)23-26(19(4)20-11-9-8-10-12-20)15-21(28)27(23)24(29)30-25(5,6)7/h8-14,19,23H,15H2,1-7H3/t19-,23+/m1/s1. The molecule has 0 saturated carbocycles. The molecule has 30 heavy (non-hydrogen) atoms. The van der Waals surface area contributed by atoms with Crippen LogP contribution in [0.15, 0.2) is 42.5 Å². The zero-order valence-corrected chi connectivity index (χ0v) is 19.0. The van der Waals surface area contributed by atoms with Gasteiger partial charge in [0.05, 0.1) is 6.54 Å². The Kier molecular flexibility index (Phi) is 6.04. The zero-order chi connectivity index (χ0) is 22.2. The molecule has 5 nitrogen and oxygen atoms in total. The molecule has 0 aliphatic carbocycles. The van der Waals surface area contributed by atoms with Crippen LogP contribution in [0, 0.1) is 20.8 Å². The molecule has 2 aromatic rings. The summed E-state index contributed by atoms with van der Waals surface area (Å²) in [6.07, 6.45) is -1.11. The minimum absolute atomic E-state index is 0.0484. The van der Waals surface area contributed by atoms with Gasteiger partial charge < -0.3 is 4.74 Å². The molecule has 1 heterocycles. The second-order valence-corrected chi connectivity index (χ2v) is 9.19. The van der Waals surface area contributed by atoms with Crippen LogP contribution in [0.4, 0.5) is 4.79 Å². The van der Waals surface area contributed by atoms with Crippen LogP contribution in [0.3, 0.4) is 0 Å². The van der Waals surface area contributed by atoms with Gasteiger partial charge in [0.2, 0.25) is 5.91 Å². The Morgan fingerprint density at radius 1 is 1.07 bits per heavy atom. The first-order chi connectivity index (χ1) is 14.0. The maximum absolute atomic E-state index is 13.1. The average molecular weight is 409 g/mol. The number of hydrogen-bond acceptors (Lipinski definition) is 4. The topological polar surface area (TPSA) is 49.9 Å². The third-order valence-electron chi connectivity index (χ3n) is 5.51. The average Bonchev–Trinajstić information content (AvgIpc) is 2.96. The van der Waals surface area contributed by atoms with Crippen molar-refractivity contribution >= 4 is 12.0 Å². The van der Waals surface area contributed by atoms with E-state index in [0.29, 0.717) is 0 Å². The van der Waals surface area contributed by atoms with Crippen LogP contribution in [-0.2, 0) is 9.53 Å². The van der Waals surface area contributed by atoms with E-state index in [-0.39, 0.29) is 18.5 Å². The molecule has 2 aromatic carbocycles. The van der Waals surface area contributed by atoms with E-state index in [9.17, 15) is 9.59 Å². The molecule has 160 valence electrons. The maximum atomic E-state index is 13.1. The number of imide groups is 1. The summed E-state index contributed by atoms with van der Waals surface area (Å²) >= 11 is 0. The summed E-state index contributed by atoms with van der Waals surface area (Å²) in [5.41, 5.74) is 4.68. The Balaban J connectivity index is 2.11. The van der Waals surface area contributed by atoms with Gasteiger partial charge in [-0.15, -0.1) is 0 Å². The van der Waals surface area contributed by atoms with Crippen molar-refractivity contribution in [2.75, 3.05) is 6.54 Å². The molecule has 0 bridgehead atoms. The number of ether oxygens (including phenoxy) is 1. The second kappa shape index (κ2) is 8.23. The third kappa shape index (κ3) is 4.41. The molecule has 1 fully saturated rings. The Morgan fingerprint density at radius 3 is 2.17 bits per heavy atom. The predicted octanol–water partition coefficient (Wildman–Crippen LogP) is 5.45. The van der Waals surface area contributed by atoms with Crippen LogP contribution < -0.4 is 0 Å². The van der Waals surface area contributed by atoms with E-state index in [4.69, 9.17) is 4.74 Å². The molecule has 1 aliphatic rings. The number of rotatable bonds is 3. The van der Waals surface area contributed by atoms with Gasteiger partial charge in [0, 0.05) is 6.04 Å². The van der Waals surface area contributed by atoms with Gasteiger partial charge in [0.1, 0.15) is 11.8 Å². The Labute approximate surface area is 179 Å². The lowest BCUT2D eigenvalue weighted by Crippen LogP contribution is -2.41. The summed E-state index contributed by atoms with van der Waals surface area (Å²) in [5.74, 6) is -0.239. The minimum Gasteiger partial charge on any atom is -0.443 e. The lowest BCUT2D eigenvalue weighted by molar-refractivity contribution is -0.127. The molecular formula is C25H32N2O3. The van der Waals surface area contributed by atoms with Gasteiger partial charge >= 0.3 is 6.09 Å². The van der Waals surface area contributed by atoms with Gasteiger partial charge in [-0.3, -0.25) is 9.69 Å². The lowest BCUT2D eigenvalue weighted by Gasteiger charge is -2.35. The fourth-order valence-electron chi connectivity index (χ4n) is 4.28. The molecule has 2 atom stereocenters. The Hall–Kier alpha value is -2.66. The van der Waals surface area contributed by atoms with E-state index in [2.05, 4.69) is 43.0 Å². The number of benzene rings is 2. The fourth-order valence-corrected chi connectivity index (χ4v) is 4.28. The number of carbonyl (C=O) groups excluding carboxylic acids is 2. The molecule has 3 rings (SSSR count). The normalized spacial score (nSPS) is 18.6.